The SMILES string of the molecule is O=C(Nc1cc(Cl)cc(Cl)c1)c1ccc(-n2cccn2)cc1. The Morgan fingerprint density at radius 2 is 1.73 bits per heavy atom. The molecule has 0 bridgehead atoms. The zero-order valence-corrected chi connectivity index (χ0v) is 12.8. The molecule has 6 heteroatoms. The summed E-state index contributed by atoms with van der Waals surface area (Å²) in [6, 6.07) is 13.9. The number of anilines is 1. The molecule has 2 aromatic carbocycles. The molecular weight excluding hydrogens is 321 g/mol. The highest BCUT2D eigenvalue weighted by Gasteiger charge is 2.08. The topological polar surface area (TPSA) is 46.9 Å². The number of aromatic nitrogens is 2. The van der Waals surface area contributed by atoms with Gasteiger partial charge in [-0.05, 0) is 48.5 Å². The van der Waals surface area contributed by atoms with Crippen molar-refractivity contribution in [2.75, 3.05) is 5.32 Å². The second-order valence-electron chi connectivity index (χ2n) is 4.61. The number of amides is 1. The first kappa shape index (κ1) is 14.6. The summed E-state index contributed by atoms with van der Waals surface area (Å²) in [7, 11) is 0. The number of hydrogen-bond donors (Lipinski definition) is 1. The van der Waals surface area contributed by atoms with Gasteiger partial charge in [-0.2, -0.15) is 5.10 Å². The van der Waals surface area contributed by atoms with Crippen molar-refractivity contribution in [2.24, 2.45) is 0 Å². The normalized spacial score (nSPS) is 10.5. The van der Waals surface area contributed by atoms with Gasteiger partial charge in [-0.1, -0.05) is 23.2 Å². The van der Waals surface area contributed by atoms with Crippen LogP contribution in [-0.4, -0.2) is 15.7 Å². The van der Waals surface area contributed by atoms with E-state index in [4.69, 9.17) is 23.2 Å². The zero-order chi connectivity index (χ0) is 15.5. The lowest BCUT2D eigenvalue weighted by Gasteiger charge is -2.07. The minimum absolute atomic E-state index is 0.231. The first-order valence-corrected chi connectivity index (χ1v) is 7.25. The molecule has 3 rings (SSSR count). The number of halogens is 2. The molecule has 110 valence electrons. The van der Waals surface area contributed by atoms with Gasteiger partial charge in [0.15, 0.2) is 0 Å². The maximum Gasteiger partial charge on any atom is 0.255 e. The van der Waals surface area contributed by atoms with E-state index in [9.17, 15) is 4.79 Å². The highest BCUT2D eigenvalue weighted by Crippen LogP contribution is 2.23. The number of hydrogen-bond acceptors (Lipinski definition) is 2. The van der Waals surface area contributed by atoms with Gasteiger partial charge in [0.25, 0.3) is 5.91 Å². The fourth-order valence-electron chi connectivity index (χ4n) is 2.02. The van der Waals surface area contributed by atoms with Crippen molar-refractivity contribution in [3.05, 3.63) is 76.5 Å². The van der Waals surface area contributed by atoms with Crippen molar-refractivity contribution in [3.8, 4) is 5.69 Å². The number of carbonyl (C=O) groups excluding carboxylic acids is 1. The van der Waals surface area contributed by atoms with Gasteiger partial charge >= 0.3 is 0 Å². The van der Waals surface area contributed by atoms with Crippen molar-refractivity contribution >= 4 is 34.8 Å². The lowest BCUT2D eigenvalue weighted by Crippen LogP contribution is -2.12. The van der Waals surface area contributed by atoms with Crippen molar-refractivity contribution in [3.63, 3.8) is 0 Å². The van der Waals surface area contributed by atoms with Gasteiger partial charge in [-0.25, -0.2) is 4.68 Å². The molecule has 0 saturated heterocycles. The third kappa shape index (κ3) is 3.30. The average molecular weight is 332 g/mol. The molecular formula is C16H11Cl2N3O. The standard InChI is InChI=1S/C16H11Cl2N3O/c17-12-8-13(18)10-14(9-12)20-16(22)11-2-4-15(5-3-11)21-7-1-6-19-21/h1-10H,(H,20,22). The van der Waals surface area contributed by atoms with Crippen molar-refractivity contribution in [2.45, 2.75) is 0 Å². The van der Waals surface area contributed by atoms with E-state index >= 15 is 0 Å². The highest BCUT2D eigenvalue weighted by molar-refractivity contribution is 6.35. The van der Waals surface area contributed by atoms with Gasteiger partial charge in [0.2, 0.25) is 0 Å². The van der Waals surface area contributed by atoms with Crippen LogP contribution >= 0.6 is 23.2 Å². The quantitative estimate of drug-likeness (QED) is 0.771. The summed E-state index contributed by atoms with van der Waals surface area (Å²) in [6.07, 6.45) is 3.53. The first-order valence-electron chi connectivity index (χ1n) is 6.49. The van der Waals surface area contributed by atoms with Crippen LogP contribution in [-0.2, 0) is 0 Å². The lowest BCUT2D eigenvalue weighted by atomic mass is 10.2. The molecule has 0 radical (unpaired) electrons. The Bertz CT molecular complexity index is 779. The Morgan fingerprint density at radius 1 is 1.05 bits per heavy atom. The van der Waals surface area contributed by atoms with E-state index in [1.807, 2.05) is 24.4 Å². The number of nitrogens with one attached hydrogen (secondary N) is 1. The van der Waals surface area contributed by atoms with E-state index in [2.05, 4.69) is 10.4 Å². The summed E-state index contributed by atoms with van der Waals surface area (Å²) in [5, 5.41) is 7.84. The predicted molar refractivity (Wildman–Crippen MR) is 88.0 cm³/mol. The average Bonchev–Trinajstić information content (AvgIpc) is 3.00. The summed E-state index contributed by atoms with van der Waals surface area (Å²) in [5.41, 5.74) is 1.97. The van der Waals surface area contributed by atoms with Crippen molar-refractivity contribution in [1.82, 2.24) is 9.78 Å². The Kier molecular flexibility index (Phi) is 4.13. The largest absolute Gasteiger partial charge is 0.322 e. The zero-order valence-electron chi connectivity index (χ0n) is 11.3. The number of carbonyl (C=O) groups is 1. The van der Waals surface area contributed by atoms with E-state index < -0.39 is 0 Å². The molecule has 0 aliphatic rings. The molecule has 0 atom stereocenters. The number of nitrogens with zero attached hydrogens (tertiary/aromatic N) is 2. The third-order valence-electron chi connectivity index (χ3n) is 3.02. The molecule has 0 saturated carbocycles. The van der Waals surface area contributed by atoms with Crippen LogP contribution in [0.2, 0.25) is 10.0 Å². The molecule has 1 heterocycles. The Hall–Kier alpha value is -2.30. The summed E-state index contributed by atoms with van der Waals surface area (Å²) >= 11 is 11.8. The molecule has 22 heavy (non-hydrogen) atoms. The van der Waals surface area contributed by atoms with Crippen LogP contribution in [0.4, 0.5) is 5.69 Å². The van der Waals surface area contributed by atoms with Gasteiger partial charge in [0, 0.05) is 33.7 Å². The molecule has 0 fully saturated rings. The molecule has 3 aromatic rings. The van der Waals surface area contributed by atoms with Gasteiger partial charge < -0.3 is 5.32 Å². The predicted octanol–water partition coefficient (Wildman–Crippen LogP) is 4.43. The Morgan fingerprint density at radius 3 is 2.32 bits per heavy atom. The first-order chi connectivity index (χ1) is 10.6. The second kappa shape index (κ2) is 6.22. The number of rotatable bonds is 3. The van der Waals surface area contributed by atoms with E-state index in [1.54, 1.807) is 41.2 Å². The monoisotopic (exact) mass is 331 g/mol. The van der Waals surface area contributed by atoms with Crippen LogP contribution in [0.5, 0.6) is 0 Å². The fourth-order valence-corrected chi connectivity index (χ4v) is 2.54. The Labute approximate surface area is 137 Å². The third-order valence-corrected chi connectivity index (χ3v) is 3.46. The van der Waals surface area contributed by atoms with Crippen LogP contribution in [0.25, 0.3) is 5.69 Å². The van der Waals surface area contributed by atoms with Gasteiger partial charge in [0.1, 0.15) is 0 Å². The summed E-state index contributed by atoms with van der Waals surface area (Å²) in [6.45, 7) is 0. The van der Waals surface area contributed by atoms with Crippen LogP contribution in [0.1, 0.15) is 10.4 Å². The summed E-state index contributed by atoms with van der Waals surface area (Å²) in [5.74, 6) is -0.231. The van der Waals surface area contributed by atoms with Crippen LogP contribution in [0, 0.1) is 0 Å². The molecule has 0 spiro atoms. The van der Waals surface area contributed by atoms with E-state index in [0.29, 0.717) is 21.3 Å². The summed E-state index contributed by atoms with van der Waals surface area (Å²) in [4.78, 5) is 12.2. The van der Waals surface area contributed by atoms with Crippen LogP contribution in [0.3, 0.4) is 0 Å². The smallest absolute Gasteiger partial charge is 0.255 e. The molecule has 0 aliphatic heterocycles. The van der Waals surface area contributed by atoms with Crippen LogP contribution in [0.15, 0.2) is 60.9 Å². The fraction of sp³-hybridized carbons (Fsp3) is 0. The van der Waals surface area contributed by atoms with E-state index in [-0.39, 0.29) is 5.91 Å². The minimum Gasteiger partial charge on any atom is -0.322 e. The second-order valence-corrected chi connectivity index (χ2v) is 5.48. The maximum absolute atomic E-state index is 12.2. The highest BCUT2D eigenvalue weighted by atomic mass is 35.5. The molecule has 0 aliphatic carbocycles. The van der Waals surface area contributed by atoms with Crippen molar-refractivity contribution in [1.29, 1.82) is 0 Å². The molecule has 1 N–H and O–H groups in total. The van der Waals surface area contributed by atoms with Gasteiger partial charge in [-0.15, -0.1) is 0 Å². The number of benzene rings is 2. The van der Waals surface area contributed by atoms with Crippen molar-refractivity contribution < 1.29 is 4.79 Å². The van der Waals surface area contributed by atoms with E-state index in [0.717, 1.165) is 5.69 Å². The molecule has 4 nitrogen and oxygen atoms in total. The minimum atomic E-state index is -0.231. The van der Waals surface area contributed by atoms with E-state index in [1.165, 1.54) is 0 Å². The maximum atomic E-state index is 12.2. The molecule has 1 amide bonds. The summed E-state index contributed by atoms with van der Waals surface area (Å²) < 4.78 is 1.72. The van der Waals surface area contributed by atoms with Gasteiger partial charge in [0.05, 0.1) is 5.69 Å². The molecule has 0 unspecified atom stereocenters. The molecule has 1 aromatic heterocycles. The lowest BCUT2D eigenvalue weighted by molar-refractivity contribution is 0.102. The van der Waals surface area contributed by atoms with Crippen LogP contribution < -0.4 is 5.32 Å². The Balaban J connectivity index is 1.77. The van der Waals surface area contributed by atoms with Gasteiger partial charge in [-0.3, -0.25) is 4.79 Å².